The Balaban J connectivity index is 1.68. The van der Waals surface area contributed by atoms with Gasteiger partial charge < -0.3 is 4.74 Å². The fourth-order valence-electron chi connectivity index (χ4n) is 6.50. The average Bonchev–Trinajstić information content (AvgIpc) is 3.05. The molecule has 5 rings (SSSR count). The second-order valence-electron chi connectivity index (χ2n) is 13.8. The monoisotopic (exact) mass is 590 g/mol. The van der Waals surface area contributed by atoms with Gasteiger partial charge in [0.2, 0.25) is 11.8 Å². The van der Waals surface area contributed by atoms with E-state index in [9.17, 15) is 8.42 Å². The van der Waals surface area contributed by atoms with Crippen LogP contribution in [0.2, 0.25) is 0 Å². The van der Waals surface area contributed by atoms with Crippen LogP contribution >= 0.6 is 0 Å². The topological polar surface area (TPSA) is 84.4 Å². The van der Waals surface area contributed by atoms with Crippen LogP contribution in [-0.2, 0) is 10.0 Å². The van der Waals surface area contributed by atoms with Crippen LogP contribution in [0.3, 0.4) is 0 Å². The maximum absolute atomic E-state index is 13.7. The van der Waals surface area contributed by atoms with Crippen LogP contribution in [0.4, 0.5) is 5.95 Å². The number of hydrogen-bond donors (Lipinski definition) is 1. The summed E-state index contributed by atoms with van der Waals surface area (Å²) in [5.41, 5.74) is 5.01. The maximum atomic E-state index is 13.7. The molecule has 8 heteroatoms. The van der Waals surface area contributed by atoms with Crippen molar-refractivity contribution in [1.29, 1.82) is 0 Å². The Labute approximate surface area is 252 Å². The number of aromatic nitrogens is 2. The van der Waals surface area contributed by atoms with Crippen LogP contribution in [-0.4, -0.2) is 49.0 Å². The highest BCUT2D eigenvalue weighted by atomic mass is 32.2. The van der Waals surface area contributed by atoms with E-state index >= 15 is 0 Å². The molecule has 42 heavy (non-hydrogen) atoms. The highest BCUT2D eigenvalue weighted by molar-refractivity contribution is 7.92. The zero-order chi connectivity index (χ0) is 30.2. The summed E-state index contributed by atoms with van der Waals surface area (Å²) >= 11 is 0. The average molecular weight is 591 g/mol. The number of ether oxygens (including phenoxy) is 1. The van der Waals surface area contributed by atoms with Gasteiger partial charge in [0.1, 0.15) is 6.10 Å². The van der Waals surface area contributed by atoms with E-state index in [0.717, 1.165) is 61.2 Å². The number of nitrogens with zero attached hydrogens (tertiary/aromatic N) is 3. The van der Waals surface area contributed by atoms with Gasteiger partial charge in [0, 0.05) is 24.1 Å². The summed E-state index contributed by atoms with van der Waals surface area (Å²) in [5, 5.41) is 0. The van der Waals surface area contributed by atoms with Crippen molar-refractivity contribution in [2.45, 2.75) is 84.6 Å². The molecule has 1 saturated heterocycles. The maximum Gasteiger partial charge on any atom is 0.264 e. The second-order valence-corrected chi connectivity index (χ2v) is 15.5. The summed E-state index contributed by atoms with van der Waals surface area (Å²) in [5.74, 6) is 1.23. The lowest BCUT2D eigenvalue weighted by atomic mass is 9.77. The van der Waals surface area contributed by atoms with Gasteiger partial charge in [-0.15, -0.1) is 0 Å². The zero-order valence-corrected chi connectivity index (χ0v) is 27.0. The van der Waals surface area contributed by atoms with Gasteiger partial charge in [-0.2, -0.15) is 4.98 Å². The minimum Gasteiger partial charge on any atom is -0.473 e. The molecule has 226 valence electrons. The van der Waals surface area contributed by atoms with E-state index in [4.69, 9.17) is 9.72 Å². The molecule has 1 fully saturated rings. The molecule has 2 aliphatic heterocycles. The van der Waals surface area contributed by atoms with Crippen LogP contribution < -0.4 is 9.46 Å². The Bertz CT molecular complexity index is 1510. The Morgan fingerprint density at radius 1 is 1.05 bits per heavy atom. The molecule has 3 atom stereocenters. The minimum atomic E-state index is -3.92. The first-order valence-corrected chi connectivity index (χ1v) is 16.7. The van der Waals surface area contributed by atoms with E-state index in [-0.39, 0.29) is 34.2 Å². The number of sulfonamides is 1. The van der Waals surface area contributed by atoms with Crippen LogP contribution in [0.25, 0.3) is 11.3 Å². The largest absolute Gasteiger partial charge is 0.473 e. The van der Waals surface area contributed by atoms with Crippen LogP contribution in [0.1, 0.15) is 76.5 Å². The molecule has 3 aromatic rings. The number of benzene rings is 2. The van der Waals surface area contributed by atoms with Gasteiger partial charge in [0.05, 0.1) is 10.6 Å². The van der Waals surface area contributed by atoms with Crippen molar-refractivity contribution in [1.82, 2.24) is 14.9 Å². The highest BCUT2D eigenvalue weighted by Gasteiger charge is 2.38. The molecule has 0 radical (unpaired) electrons. The van der Waals surface area contributed by atoms with E-state index in [0.29, 0.717) is 17.5 Å². The number of anilines is 1. The molecule has 0 amide bonds. The fraction of sp³-hybridized carbons (Fsp3) is 0.529. The van der Waals surface area contributed by atoms with Crippen molar-refractivity contribution in [3.8, 4) is 17.1 Å². The number of likely N-dealkylation sites (tertiary alicyclic amines) is 1. The van der Waals surface area contributed by atoms with Gasteiger partial charge >= 0.3 is 0 Å². The third-order valence-corrected chi connectivity index (χ3v) is 9.97. The molecular weight excluding hydrogens is 544 g/mol. The van der Waals surface area contributed by atoms with E-state index in [1.807, 2.05) is 50.2 Å². The molecule has 6 bridgehead atoms. The van der Waals surface area contributed by atoms with E-state index in [1.165, 1.54) is 0 Å². The normalized spacial score (nSPS) is 22.3. The van der Waals surface area contributed by atoms with Crippen molar-refractivity contribution in [3.05, 3.63) is 65.2 Å². The first kappa shape index (κ1) is 30.5. The quantitative estimate of drug-likeness (QED) is 0.338. The number of nitrogens with one attached hydrogen (secondary N) is 1. The molecule has 0 aliphatic carbocycles. The van der Waals surface area contributed by atoms with Crippen molar-refractivity contribution in [2.75, 3.05) is 24.4 Å². The molecule has 0 saturated carbocycles. The fourth-order valence-corrected chi connectivity index (χ4v) is 7.49. The van der Waals surface area contributed by atoms with E-state index in [2.05, 4.69) is 55.3 Å². The summed E-state index contributed by atoms with van der Waals surface area (Å²) < 4.78 is 36.9. The van der Waals surface area contributed by atoms with Crippen molar-refractivity contribution >= 4 is 16.0 Å². The Morgan fingerprint density at radius 2 is 1.76 bits per heavy atom. The number of aryl methyl sites for hydroxylation is 2. The van der Waals surface area contributed by atoms with Gasteiger partial charge in [-0.05, 0) is 92.3 Å². The number of fused-ring (bicyclic) bond motifs is 7. The predicted molar refractivity (Wildman–Crippen MR) is 169 cm³/mol. The minimum absolute atomic E-state index is 0.0197. The molecule has 7 nitrogen and oxygen atoms in total. The van der Waals surface area contributed by atoms with Crippen molar-refractivity contribution < 1.29 is 13.2 Å². The summed E-state index contributed by atoms with van der Waals surface area (Å²) in [6.07, 6.45) is 2.89. The molecule has 1 aromatic heterocycles. The molecule has 0 spiro atoms. The number of rotatable bonds is 5. The van der Waals surface area contributed by atoms with Gasteiger partial charge in [-0.1, -0.05) is 65.0 Å². The van der Waals surface area contributed by atoms with Gasteiger partial charge in [-0.25, -0.2) is 18.1 Å². The van der Waals surface area contributed by atoms with Gasteiger partial charge in [0.15, 0.2) is 0 Å². The Hall–Kier alpha value is -2.97. The molecule has 1 N–H and O–H groups in total. The first-order valence-electron chi connectivity index (χ1n) is 15.3. The molecule has 3 heterocycles. The summed E-state index contributed by atoms with van der Waals surface area (Å²) in [6, 6.07) is 15.4. The lowest BCUT2D eigenvalue weighted by Crippen LogP contribution is -2.40. The summed E-state index contributed by atoms with van der Waals surface area (Å²) in [4.78, 5) is 12.1. The molecule has 2 aliphatic rings. The molecular formula is C34H46N4O3S. The molecule has 2 aromatic carbocycles. The van der Waals surface area contributed by atoms with E-state index in [1.54, 1.807) is 6.07 Å². The first-order chi connectivity index (χ1) is 19.8. The predicted octanol–water partition coefficient (Wildman–Crippen LogP) is 7.21. The van der Waals surface area contributed by atoms with Gasteiger partial charge in [-0.3, -0.25) is 4.90 Å². The van der Waals surface area contributed by atoms with E-state index < -0.39 is 10.0 Å². The zero-order valence-electron chi connectivity index (χ0n) is 26.1. The SMILES string of the molecule is Cc1cccc(C)c1-c1cc2nc(n1)NS(=O)(=O)c1cccc(c1)C1CCN(CCC(C)(C)C)CC(O2)C1CC(C)C. The van der Waals surface area contributed by atoms with Crippen LogP contribution in [0.5, 0.6) is 5.88 Å². The van der Waals surface area contributed by atoms with Crippen LogP contribution in [0.15, 0.2) is 53.4 Å². The lowest BCUT2D eigenvalue weighted by Gasteiger charge is -2.34. The van der Waals surface area contributed by atoms with Crippen molar-refractivity contribution in [3.63, 3.8) is 0 Å². The third-order valence-electron chi connectivity index (χ3n) is 8.64. The standard InChI is InChI=1S/C34H46N4O3S/c1-22(2)18-28-27-14-16-38(17-15-34(5,6)7)21-30(28)41-31-20-29(32-23(3)10-8-11-24(32)4)35-33(36-31)37-42(39,40)26-13-9-12-25(27)19-26/h8-13,19-20,22,27-28,30H,14-18,21H2,1-7H3,(H,35,36,37). The smallest absolute Gasteiger partial charge is 0.264 e. The third kappa shape index (κ3) is 6.97. The highest BCUT2D eigenvalue weighted by Crippen LogP contribution is 2.41. The molecule has 3 unspecified atom stereocenters. The van der Waals surface area contributed by atoms with Crippen LogP contribution in [0, 0.1) is 31.1 Å². The second kappa shape index (κ2) is 12.0. The number of hydrogen-bond acceptors (Lipinski definition) is 6. The Kier molecular flexibility index (Phi) is 8.68. The lowest BCUT2D eigenvalue weighted by molar-refractivity contribution is 0.0771. The summed E-state index contributed by atoms with van der Waals surface area (Å²) in [7, 11) is -3.92. The van der Waals surface area contributed by atoms with Gasteiger partial charge in [0.25, 0.3) is 10.0 Å². The summed E-state index contributed by atoms with van der Waals surface area (Å²) in [6.45, 7) is 18.2. The van der Waals surface area contributed by atoms with Crippen molar-refractivity contribution in [2.24, 2.45) is 17.3 Å². The Morgan fingerprint density at radius 3 is 2.45 bits per heavy atom.